The lowest BCUT2D eigenvalue weighted by molar-refractivity contribution is 1.09. The second kappa shape index (κ2) is 12.8. The molecule has 0 atom stereocenters. The first-order chi connectivity index (χ1) is 25.1. The van der Waals surface area contributed by atoms with Crippen LogP contribution in [-0.2, 0) is 6.42 Å². The predicted octanol–water partition coefficient (Wildman–Crippen LogP) is 12.9. The van der Waals surface area contributed by atoms with Crippen molar-refractivity contribution in [3.8, 4) is 11.4 Å². The Morgan fingerprint density at radius 1 is 0.490 bits per heavy atom. The Labute approximate surface area is 299 Å². The van der Waals surface area contributed by atoms with E-state index in [-0.39, 0.29) is 0 Å². The van der Waals surface area contributed by atoms with E-state index in [1.54, 1.807) is 0 Å². The molecule has 0 spiro atoms. The van der Waals surface area contributed by atoms with Gasteiger partial charge in [-0.25, -0.2) is 0 Å². The number of allylic oxidation sites excluding steroid dienone is 7. The molecule has 9 rings (SSSR count). The van der Waals surface area contributed by atoms with Crippen molar-refractivity contribution in [2.45, 2.75) is 20.3 Å². The standard InChI is InChI=1S/C49H38N2/c1-34(36-13-5-3-6-14-36)21-22-35(2)37-23-28-41(29-24-37)51-47-20-12-10-18-43(47)45-33-39(27-32-49(45)51)38-25-30-44-42-17-9-11-19-46(42)50(48(44)31-26-38)40-15-7-4-8-16-40/h3-29,31-33H,30H2,1-2H3/b34-21+,35-22+. The lowest BCUT2D eigenvalue weighted by Gasteiger charge is -2.10. The number of aromatic nitrogens is 2. The van der Waals surface area contributed by atoms with Crippen molar-refractivity contribution >= 4 is 55.5 Å². The minimum atomic E-state index is 0.875. The maximum absolute atomic E-state index is 2.40. The molecule has 1 aliphatic rings. The lowest BCUT2D eigenvalue weighted by atomic mass is 10.0. The fourth-order valence-corrected chi connectivity index (χ4v) is 7.68. The number of hydrogen-bond acceptors (Lipinski definition) is 0. The molecular weight excluding hydrogens is 617 g/mol. The van der Waals surface area contributed by atoms with E-state index in [2.05, 4.69) is 205 Å². The van der Waals surface area contributed by atoms with Crippen LogP contribution in [0.3, 0.4) is 0 Å². The first-order valence-corrected chi connectivity index (χ1v) is 17.7. The van der Waals surface area contributed by atoms with Gasteiger partial charge in [0.1, 0.15) is 0 Å². The van der Waals surface area contributed by atoms with Crippen LogP contribution in [0.4, 0.5) is 0 Å². The number of hydrogen-bond donors (Lipinski definition) is 0. The molecule has 2 heterocycles. The first-order valence-electron chi connectivity index (χ1n) is 17.7. The highest BCUT2D eigenvalue weighted by molar-refractivity contribution is 6.10. The van der Waals surface area contributed by atoms with Crippen LogP contribution in [0.1, 0.15) is 41.8 Å². The third-order valence-electron chi connectivity index (χ3n) is 10.4. The molecule has 0 bridgehead atoms. The van der Waals surface area contributed by atoms with E-state index in [1.165, 1.54) is 83.1 Å². The molecule has 2 heteroatoms. The van der Waals surface area contributed by atoms with E-state index < -0.39 is 0 Å². The Balaban J connectivity index is 1.07. The molecule has 2 aromatic heterocycles. The molecule has 1 aliphatic carbocycles. The Morgan fingerprint density at radius 2 is 1.06 bits per heavy atom. The Bertz CT molecular complexity index is 2690. The monoisotopic (exact) mass is 654 g/mol. The number of para-hydroxylation sites is 3. The van der Waals surface area contributed by atoms with Crippen molar-refractivity contribution in [3.05, 3.63) is 204 Å². The van der Waals surface area contributed by atoms with Crippen LogP contribution < -0.4 is 0 Å². The van der Waals surface area contributed by atoms with E-state index in [1.807, 2.05) is 0 Å². The molecule has 244 valence electrons. The smallest absolute Gasteiger partial charge is 0.0541 e. The van der Waals surface area contributed by atoms with E-state index in [9.17, 15) is 0 Å². The van der Waals surface area contributed by atoms with Crippen molar-refractivity contribution in [2.75, 3.05) is 0 Å². The van der Waals surface area contributed by atoms with Crippen LogP contribution in [0.15, 0.2) is 176 Å². The number of rotatable bonds is 6. The molecular formula is C49H38N2. The van der Waals surface area contributed by atoms with Crippen molar-refractivity contribution < 1.29 is 0 Å². The van der Waals surface area contributed by atoms with Crippen LogP contribution in [0.5, 0.6) is 0 Å². The Morgan fingerprint density at radius 3 is 1.78 bits per heavy atom. The topological polar surface area (TPSA) is 9.86 Å². The largest absolute Gasteiger partial charge is 0.310 e. The van der Waals surface area contributed by atoms with Gasteiger partial charge in [-0.2, -0.15) is 0 Å². The summed E-state index contributed by atoms with van der Waals surface area (Å²) in [6.07, 6.45) is 12.3. The molecule has 0 unspecified atom stereocenters. The third-order valence-corrected chi connectivity index (χ3v) is 10.4. The van der Waals surface area contributed by atoms with Crippen molar-refractivity contribution in [1.82, 2.24) is 9.13 Å². The number of benzene rings is 6. The highest BCUT2D eigenvalue weighted by atomic mass is 15.0. The molecule has 0 fully saturated rings. The summed E-state index contributed by atoms with van der Waals surface area (Å²) in [5, 5.41) is 3.84. The molecule has 6 aromatic carbocycles. The maximum atomic E-state index is 2.40. The molecule has 51 heavy (non-hydrogen) atoms. The van der Waals surface area contributed by atoms with Gasteiger partial charge in [0, 0.05) is 27.5 Å². The van der Waals surface area contributed by atoms with Gasteiger partial charge in [-0.1, -0.05) is 127 Å². The summed E-state index contributed by atoms with van der Waals surface area (Å²) in [6.45, 7) is 4.35. The molecule has 0 aliphatic heterocycles. The maximum Gasteiger partial charge on any atom is 0.0541 e. The van der Waals surface area contributed by atoms with Gasteiger partial charge >= 0.3 is 0 Å². The number of fused-ring (bicyclic) bond motifs is 6. The summed E-state index contributed by atoms with van der Waals surface area (Å²) in [7, 11) is 0. The normalized spacial score (nSPS) is 13.5. The van der Waals surface area contributed by atoms with Gasteiger partial charge in [0.25, 0.3) is 0 Å². The van der Waals surface area contributed by atoms with Gasteiger partial charge in [-0.3, -0.25) is 0 Å². The summed E-state index contributed by atoms with van der Waals surface area (Å²) in [4.78, 5) is 0. The molecule has 2 nitrogen and oxygen atoms in total. The lowest BCUT2D eigenvalue weighted by Crippen LogP contribution is -1.96. The summed E-state index contributed by atoms with van der Waals surface area (Å²) < 4.78 is 4.80. The van der Waals surface area contributed by atoms with Crippen LogP contribution in [0, 0.1) is 0 Å². The Hall–Kier alpha value is -6.38. The van der Waals surface area contributed by atoms with Gasteiger partial charge in [0.15, 0.2) is 0 Å². The van der Waals surface area contributed by atoms with Crippen molar-refractivity contribution in [2.24, 2.45) is 0 Å². The van der Waals surface area contributed by atoms with Gasteiger partial charge in [0.05, 0.1) is 22.2 Å². The third kappa shape index (κ3) is 5.46. The van der Waals surface area contributed by atoms with Crippen LogP contribution >= 0.6 is 0 Å². The quantitative estimate of drug-likeness (QED) is 0.158. The molecule has 0 saturated carbocycles. The molecule has 8 aromatic rings. The van der Waals surface area contributed by atoms with Crippen LogP contribution in [0.25, 0.3) is 66.9 Å². The minimum Gasteiger partial charge on any atom is -0.310 e. The van der Waals surface area contributed by atoms with Gasteiger partial charge < -0.3 is 9.13 Å². The average Bonchev–Trinajstić information content (AvgIpc) is 3.59. The zero-order valence-corrected chi connectivity index (χ0v) is 28.9. The molecule has 0 radical (unpaired) electrons. The summed E-state index contributed by atoms with van der Waals surface area (Å²) >= 11 is 0. The molecule has 0 saturated heterocycles. The van der Waals surface area contributed by atoms with Crippen LogP contribution in [-0.4, -0.2) is 9.13 Å². The SMILES string of the molecule is C/C(=C\C=C(/C)c1ccc(-n2c3ccccc3c3cc(C4=CCc5c(n(-c6ccccc6)c6ccccc56)C=C4)ccc32)cc1)c1ccccc1. The fourth-order valence-electron chi connectivity index (χ4n) is 7.68. The highest BCUT2D eigenvalue weighted by Gasteiger charge is 2.19. The van der Waals surface area contributed by atoms with Gasteiger partial charge in [-0.15, -0.1) is 0 Å². The highest BCUT2D eigenvalue weighted by Crippen LogP contribution is 2.37. The van der Waals surface area contributed by atoms with E-state index >= 15 is 0 Å². The zero-order valence-electron chi connectivity index (χ0n) is 28.9. The molecule has 0 N–H and O–H groups in total. The molecule has 0 amide bonds. The van der Waals surface area contributed by atoms with Crippen molar-refractivity contribution in [3.63, 3.8) is 0 Å². The van der Waals surface area contributed by atoms with Gasteiger partial charge in [0.2, 0.25) is 0 Å². The first kappa shape index (κ1) is 30.7. The van der Waals surface area contributed by atoms with E-state index in [0.29, 0.717) is 0 Å². The predicted molar refractivity (Wildman–Crippen MR) is 219 cm³/mol. The van der Waals surface area contributed by atoms with E-state index in [0.717, 1.165) is 12.1 Å². The minimum absolute atomic E-state index is 0.875. The zero-order chi connectivity index (χ0) is 34.3. The van der Waals surface area contributed by atoms with E-state index in [4.69, 9.17) is 0 Å². The Kier molecular flexibility index (Phi) is 7.71. The number of nitrogens with zero attached hydrogens (tertiary/aromatic N) is 2. The second-order valence-corrected chi connectivity index (χ2v) is 13.4. The summed E-state index contributed by atoms with van der Waals surface area (Å²) in [5.74, 6) is 0. The fraction of sp³-hybridized carbons (Fsp3) is 0.0612. The van der Waals surface area contributed by atoms with Crippen LogP contribution in [0.2, 0.25) is 0 Å². The van der Waals surface area contributed by atoms with Gasteiger partial charge in [-0.05, 0) is 114 Å². The second-order valence-electron chi connectivity index (χ2n) is 13.4. The summed E-state index contributed by atoms with van der Waals surface area (Å²) in [5.41, 5.74) is 16.1. The van der Waals surface area contributed by atoms with Crippen molar-refractivity contribution in [1.29, 1.82) is 0 Å². The average molecular weight is 655 g/mol. The summed E-state index contributed by atoms with van der Waals surface area (Å²) in [6, 6.07) is 54.8.